The second-order valence-electron chi connectivity index (χ2n) is 4.45. The van der Waals surface area contributed by atoms with Crippen LogP contribution in [0, 0.1) is 11.6 Å². The quantitative estimate of drug-likeness (QED) is 0.743. The molecule has 2 aromatic rings. The molecular weight excluding hydrogens is 424 g/mol. The van der Waals surface area contributed by atoms with Gasteiger partial charge in [0.25, 0.3) is 5.91 Å². The molecule has 7 heteroatoms. The van der Waals surface area contributed by atoms with E-state index in [-0.39, 0.29) is 5.69 Å². The maximum absolute atomic E-state index is 13.5. The molecule has 0 bridgehead atoms. The third-order valence-electron chi connectivity index (χ3n) is 2.76. The Bertz CT molecular complexity index is 710. The molecule has 22 heavy (non-hydrogen) atoms. The van der Waals surface area contributed by atoms with Crippen molar-refractivity contribution in [2.24, 2.45) is 0 Å². The van der Waals surface area contributed by atoms with Crippen molar-refractivity contribution in [2.75, 3.05) is 5.32 Å². The van der Waals surface area contributed by atoms with Crippen LogP contribution in [0.15, 0.2) is 45.3 Å². The first-order valence-electron chi connectivity index (χ1n) is 6.24. The zero-order valence-electron chi connectivity index (χ0n) is 11.4. The van der Waals surface area contributed by atoms with Crippen molar-refractivity contribution in [2.45, 2.75) is 13.0 Å². The first kappa shape index (κ1) is 16.9. The van der Waals surface area contributed by atoms with Gasteiger partial charge in [-0.25, -0.2) is 8.78 Å². The molecule has 1 N–H and O–H groups in total. The molecule has 3 nitrogen and oxygen atoms in total. The van der Waals surface area contributed by atoms with E-state index in [4.69, 9.17) is 4.74 Å². The van der Waals surface area contributed by atoms with Crippen molar-refractivity contribution in [3.63, 3.8) is 0 Å². The minimum atomic E-state index is -0.859. The number of carbonyl (C=O) groups is 1. The fourth-order valence-electron chi connectivity index (χ4n) is 1.64. The van der Waals surface area contributed by atoms with Crippen molar-refractivity contribution < 1.29 is 18.3 Å². The van der Waals surface area contributed by atoms with E-state index in [2.05, 4.69) is 37.2 Å². The minimum absolute atomic E-state index is 0.100. The number of amides is 1. The zero-order valence-corrected chi connectivity index (χ0v) is 14.5. The smallest absolute Gasteiger partial charge is 0.265 e. The van der Waals surface area contributed by atoms with E-state index in [0.717, 1.165) is 16.6 Å². The van der Waals surface area contributed by atoms with E-state index in [1.807, 2.05) is 0 Å². The third-order valence-corrected chi connectivity index (χ3v) is 3.87. The molecule has 0 radical (unpaired) electrons. The van der Waals surface area contributed by atoms with Crippen molar-refractivity contribution in [1.82, 2.24) is 0 Å². The van der Waals surface area contributed by atoms with E-state index < -0.39 is 23.6 Å². The highest BCUT2D eigenvalue weighted by Gasteiger charge is 2.18. The highest BCUT2D eigenvalue weighted by atomic mass is 79.9. The van der Waals surface area contributed by atoms with Gasteiger partial charge in [0.05, 0.1) is 10.2 Å². The van der Waals surface area contributed by atoms with Gasteiger partial charge < -0.3 is 10.1 Å². The molecule has 0 spiro atoms. The van der Waals surface area contributed by atoms with Gasteiger partial charge in [0.2, 0.25) is 0 Å². The van der Waals surface area contributed by atoms with Gasteiger partial charge in [-0.1, -0.05) is 15.9 Å². The molecule has 2 aromatic carbocycles. The Morgan fingerprint density at radius 1 is 1.18 bits per heavy atom. The third kappa shape index (κ3) is 4.27. The molecule has 1 unspecified atom stereocenters. The summed E-state index contributed by atoms with van der Waals surface area (Å²) in [5.41, 5.74) is -0.100. The summed E-state index contributed by atoms with van der Waals surface area (Å²) in [6, 6.07) is 8.16. The summed E-state index contributed by atoms with van der Waals surface area (Å²) in [6.07, 6.45) is -0.859. The number of ether oxygens (including phenoxy) is 1. The molecule has 1 atom stereocenters. The molecule has 0 aliphatic carbocycles. The van der Waals surface area contributed by atoms with Crippen LogP contribution < -0.4 is 10.1 Å². The first-order chi connectivity index (χ1) is 10.4. The normalized spacial score (nSPS) is 11.9. The van der Waals surface area contributed by atoms with Crippen LogP contribution in [-0.2, 0) is 4.79 Å². The van der Waals surface area contributed by atoms with E-state index in [0.29, 0.717) is 16.3 Å². The predicted octanol–water partition coefficient (Wildman–Crippen LogP) is 4.90. The average molecular weight is 435 g/mol. The fraction of sp³-hybridized carbons (Fsp3) is 0.133. The average Bonchev–Trinajstić information content (AvgIpc) is 2.44. The van der Waals surface area contributed by atoms with E-state index in [9.17, 15) is 13.6 Å². The molecule has 0 saturated carbocycles. The van der Waals surface area contributed by atoms with Crippen LogP contribution in [-0.4, -0.2) is 12.0 Å². The molecule has 0 heterocycles. The summed E-state index contributed by atoms with van der Waals surface area (Å²) in [4.78, 5) is 12.0. The molecular formula is C15H11Br2F2NO2. The lowest BCUT2D eigenvalue weighted by atomic mass is 10.2. The van der Waals surface area contributed by atoms with Gasteiger partial charge in [-0.3, -0.25) is 4.79 Å². The van der Waals surface area contributed by atoms with Crippen LogP contribution in [0.1, 0.15) is 6.92 Å². The van der Waals surface area contributed by atoms with Gasteiger partial charge in [0, 0.05) is 10.5 Å². The Morgan fingerprint density at radius 3 is 2.55 bits per heavy atom. The lowest BCUT2D eigenvalue weighted by molar-refractivity contribution is -0.122. The van der Waals surface area contributed by atoms with Gasteiger partial charge in [-0.15, -0.1) is 0 Å². The monoisotopic (exact) mass is 433 g/mol. The number of benzene rings is 2. The molecule has 0 fully saturated rings. The highest BCUT2D eigenvalue weighted by molar-refractivity contribution is 9.11. The van der Waals surface area contributed by atoms with Gasteiger partial charge in [-0.05, 0) is 53.2 Å². The van der Waals surface area contributed by atoms with Gasteiger partial charge in [0.1, 0.15) is 17.4 Å². The molecule has 0 aliphatic heterocycles. The second-order valence-corrected chi connectivity index (χ2v) is 6.22. The SMILES string of the molecule is CC(Oc1ccc(Br)cc1Br)C(=O)Nc1ccc(F)cc1F. The van der Waals surface area contributed by atoms with Gasteiger partial charge in [0.15, 0.2) is 6.10 Å². The Kier molecular flexibility index (Phi) is 5.52. The van der Waals surface area contributed by atoms with Crippen molar-refractivity contribution in [3.8, 4) is 5.75 Å². The Hall–Kier alpha value is -1.47. The Morgan fingerprint density at radius 2 is 1.91 bits per heavy atom. The van der Waals surface area contributed by atoms with Crippen LogP contribution >= 0.6 is 31.9 Å². The van der Waals surface area contributed by atoms with Crippen molar-refractivity contribution in [1.29, 1.82) is 0 Å². The maximum atomic E-state index is 13.5. The summed E-state index contributed by atoms with van der Waals surface area (Å²) < 4.78 is 33.4. The number of hydrogen-bond acceptors (Lipinski definition) is 2. The molecule has 0 saturated heterocycles. The number of halogens is 4. The summed E-state index contributed by atoms with van der Waals surface area (Å²) in [5, 5.41) is 2.36. The number of nitrogens with one attached hydrogen (secondary N) is 1. The Labute approximate surface area is 142 Å². The second kappa shape index (κ2) is 7.19. The van der Waals surface area contributed by atoms with Crippen LogP contribution in [0.2, 0.25) is 0 Å². The van der Waals surface area contributed by atoms with Gasteiger partial charge in [-0.2, -0.15) is 0 Å². The predicted molar refractivity (Wildman–Crippen MR) is 86.9 cm³/mol. The number of carbonyl (C=O) groups excluding carboxylic acids is 1. The highest BCUT2D eigenvalue weighted by Crippen LogP contribution is 2.29. The minimum Gasteiger partial charge on any atom is -0.480 e. The standard InChI is InChI=1S/C15H11Br2F2NO2/c1-8(22-14-5-2-9(16)6-11(14)17)15(21)20-13-4-3-10(18)7-12(13)19/h2-8H,1H3,(H,20,21). The first-order valence-corrected chi connectivity index (χ1v) is 7.83. The maximum Gasteiger partial charge on any atom is 0.265 e. The lowest BCUT2D eigenvalue weighted by Gasteiger charge is -2.16. The molecule has 0 aromatic heterocycles. The largest absolute Gasteiger partial charge is 0.480 e. The van der Waals surface area contributed by atoms with Crippen LogP contribution in [0.3, 0.4) is 0 Å². The topological polar surface area (TPSA) is 38.3 Å². The molecule has 2 rings (SSSR count). The van der Waals surface area contributed by atoms with Gasteiger partial charge >= 0.3 is 0 Å². The summed E-state index contributed by atoms with van der Waals surface area (Å²) in [5.74, 6) is -1.62. The number of hydrogen-bond donors (Lipinski definition) is 1. The lowest BCUT2D eigenvalue weighted by Crippen LogP contribution is -2.30. The van der Waals surface area contributed by atoms with Crippen LogP contribution in [0.5, 0.6) is 5.75 Å². The molecule has 1 amide bonds. The fourth-order valence-corrected chi connectivity index (χ4v) is 2.78. The molecule has 0 aliphatic rings. The van der Waals surface area contributed by atoms with Crippen LogP contribution in [0.25, 0.3) is 0 Å². The van der Waals surface area contributed by atoms with E-state index >= 15 is 0 Å². The summed E-state index contributed by atoms with van der Waals surface area (Å²) in [6.45, 7) is 1.53. The van der Waals surface area contributed by atoms with Crippen LogP contribution in [0.4, 0.5) is 14.5 Å². The molecule has 116 valence electrons. The number of rotatable bonds is 4. The Balaban J connectivity index is 2.05. The van der Waals surface area contributed by atoms with Crippen molar-refractivity contribution in [3.05, 3.63) is 57.0 Å². The zero-order chi connectivity index (χ0) is 16.3. The summed E-state index contributed by atoms with van der Waals surface area (Å²) >= 11 is 6.64. The number of anilines is 1. The summed E-state index contributed by atoms with van der Waals surface area (Å²) in [7, 11) is 0. The van der Waals surface area contributed by atoms with E-state index in [1.54, 1.807) is 18.2 Å². The van der Waals surface area contributed by atoms with E-state index in [1.165, 1.54) is 6.92 Å². The van der Waals surface area contributed by atoms with Crippen molar-refractivity contribution >= 4 is 43.5 Å².